The molecule has 0 spiro atoms. The third kappa shape index (κ3) is 27.3. The maximum absolute atomic E-state index is 13.6. The van der Waals surface area contributed by atoms with E-state index in [1.165, 1.54) is 68.2 Å². The molecule has 1 saturated carbocycles. The topological polar surface area (TPSA) is 323 Å². The van der Waals surface area contributed by atoms with E-state index in [-0.39, 0.29) is 51.8 Å². The molecule has 770 valence electrons. The lowest BCUT2D eigenvalue weighted by atomic mass is 9.87. The standard InChI is InChI=1S/C30H36N6O3.C30H38N4O4.C29H27N5O2.C28H28N4O4/c1-4-35-23(2)25(20-31-35)22-33-15-17-34(18-16-33)28-21-32-36(26-8-6-5-7-9-26)30(37)29(28)39-19-14-24-10-12-27(38-3)13-11-24;1-37-28-20-24(12-13-27(28)35)22-32-15-17-33(18-16-32)26-21-31-34(25-10-6-3-7-11-25)30(36)29(26)38-19-14-23-8-4-2-5-9-23;30-19-24-11-7-8-12-25(24)21-32-15-17-33(18-16-32)27-20-31-34(26-13-5-2-6-14-26)29(35)28(27)36-22-23-9-3-1-4-10-23;33-24-15-22(16-25(34)17-24)19-30-11-13-31(14-12-30)26-18-29-32(23-9-5-2-6-10-23)28(35)27(26)36-20-21-7-3-1-4-8-21/h5-13,20-21H,4,14-19,22H2,1-3H3;3,6-7,10-13,20-21,23,35H,2,4-5,8-9,14-19,22H2,1H3;1-14,20H,15-18,21-22H2;1-10,15-18,33-34H,11-14,19-20H2. The van der Waals surface area contributed by atoms with Crippen molar-refractivity contribution in [3.8, 4) is 80.6 Å². The lowest BCUT2D eigenvalue weighted by Gasteiger charge is -2.36. The van der Waals surface area contributed by atoms with E-state index in [9.17, 15) is 39.8 Å². The third-order valence-electron chi connectivity index (χ3n) is 27.7. The van der Waals surface area contributed by atoms with Gasteiger partial charge in [-0.1, -0.05) is 202 Å². The Hall–Kier alpha value is -16.3. The zero-order valence-electron chi connectivity index (χ0n) is 84.9. The van der Waals surface area contributed by atoms with Crippen molar-refractivity contribution in [3.05, 3.63) is 390 Å². The number of aromatic nitrogens is 10. The van der Waals surface area contributed by atoms with Crippen LogP contribution in [0.2, 0.25) is 0 Å². The second kappa shape index (κ2) is 51.6. The second-order valence-corrected chi connectivity index (χ2v) is 37.5. The number of aryl methyl sites for hydroxylation is 1. The Morgan fingerprint density at radius 3 is 1.12 bits per heavy atom. The smallest absolute Gasteiger partial charge is 0.316 e. The van der Waals surface area contributed by atoms with Crippen LogP contribution in [0.5, 0.6) is 51.7 Å². The summed E-state index contributed by atoms with van der Waals surface area (Å²) in [5, 5.41) is 61.3. The Balaban J connectivity index is 0.000000135. The molecule has 15 aromatic rings. The molecule has 4 saturated heterocycles. The van der Waals surface area contributed by atoms with Crippen LogP contribution in [-0.2, 0) is 52.4 Å². The fraction of sp³-hybridized carbons (Fsp3) is 0.316. The summed E-state index contributed by atoms with van der Waals surface area (Å²) < 4.78 is 43.0. The van der Waals surface area contributed by atoms with E-state index in [1.54, 1.807) is 57.2 Å². The molecule has 0 atom stereocenters. The molecule has 32 heteroatoms. The van der Waals surface area contributed by atoms with Crippen molar-refractivity contribution >= 4 is 22.7 Å². The van der Waals surface area contributed by atoms with Crippen LogP contribution in [0, 0.1) is 24.2 Å². The number of piperazine rings is 4. The number of nitrogens with zero attached hydrogens (tertiary/aromatic N) is 19. The number of aromatic hydroxyl groups is 3. The number of rotatable bonds is 33. The number of benzene rings is 10. The van der Waals surface area contributed by atoms with E-state index in [4.69, 9.17) is 28.4 Å². The highest BCUT2D eigenvalue weighted by Gasteiger charge is 2.31. The SMILES string of the molecule is CCn1ncc(CN2CCN(c3cnn(-c4ccccc4)c(=O)c3OCCc3ccc(OC)cc3)CC2)c1C.COc1cc(CN2CCN(c3cnn(-c4ccccc4)c(=O)c3OCCC3CCCCC3)CC2)ccc1O.N#Cc1ccccc1CN1CCN(c2cnn(-c3ccccc3)c(=O)c2OCc2ccccc2)CC1.O=c1c(OCc2ccccc2)c(N2CCN(Cc3cc(O)cc(O)c3)CC2)cnn1-c1ccccc1. The monoisotopic (exact) mass is 2010 g/mol. The summed E-state index contributed by atoms with van der Waals surface area (Å²) in [6.07, 6.45) is 17.1. The molecule has 149 heavy (non-hydrogen) atoms. The number of phenols is 3. The first-order chi connectivity index (χ1) is 73.0. The molecule has 0 amide bonds. The van der Waals surface area contributed by atoms with Crippen molar-refractivity contribution in [2.24, 2.45) is 5.92 Å². The van der Waals surface area contributed by atoms with Crippen molar-refractivity contribution in [1.29, 1.82) is 5.26 Å². The van der Waals surface area contributed by atoms with Crippen LogP contribution < -0.4 is 70.3 Å². The Morgan fingerprint density at radius 2 is 0.725 bits per heavy atom. The van der Waals surface area contributed by atoms with E-state index in [0.29, 0.717) is 109 Å². The molecule has 10 aromatic carbocycles. The first kappa shape index (κ1) is 104. The van der Waals surface area contributed by atoms with Gasteiger partial charge in [0, 0.05) is 161 Å². The van der Waals surface area contributed by atoms with Gasteiger partial charge in [0.25, 0.3) is 0 Å². The van der Waals surface area contributed by atoms with E-state index in [0.717, 1.165) is 180 Å². The first-order valence-corrected chi connectivity index (χ1v) is 51.2. The zero-order valence-corrected chi connectivity index (χ0v) is 84.9. The number of hydrogen-bond acceptors (Lipinski definition) is 27. The Labute approximate surface area is 867 Å². The summed E-state index contributed by atoms with van der Waals surface area (Å²) in [6, 6.07) is 85.3. The number of phenolic OH excluding ortho intramolecular Hbond substituents is 3. The number of methoxy groups -OCH3 is 2. The second-order valence-electron chi connectivity index (χ2n) is 37.5. The highest BCUT2D eigenvalue weighted by molar-refractivity contribution is 5.61. The maximum Gasteiger partial charge on any atom is 0.316 e. The molecule has 0 radical (unpaired) electrons. The molecule has 5 fully saturated rings. The maximum atomic E-state index is 13.6. The van der Waals surface area contributed by atoms with Crippen molar-refractivity contribution < 1.29 is 43.7 Å². The average Bonchev–Trinajstić information content (AvgIpc) is 1.06. The molecule has 3 N–H and O–H groups in total. The quantitative estimate of drug-likeness (QED) is 0.0344. The van der Waals surface area contributed by atoms with Gasteiger partial charge in [-0.25, -0.2) is 0 Å². The van der Waals surface area contributed by atoms with Crippen molar-refractivity contribution in [2.45, 2.75) is 105 Å². The van der Waals surface area contributed by atoms with Gasteiger partial charge < -0.3 is 63.3 Å². The van der Waals surface area contributed by atoms with Crippen LogP contribution in [0.1, 0.15) is 95.7 Å². The molecule has 1 aliphatic carbocycles. The third-order valence-corrected chi connectivity index (χ3v) is 27.7. The molecule has 5 aromatic heterocycles. The van der Waals surface area contributed by atoms with Gasteiger partial charge in [-0.2, -0.15) is 49.5 Å². The van der Waals surface area contributed by atoms with E-state index in [1.807, 2.05) is 254 Å². The summed E-state index contributed by atoms with van der Waals surface area (Å²) in [6.45, 7) is 22.1. The van der Waals surface area contributed by atoms with E-state index < -0.39 is 0 Å². The summed E-state index contributed by atoms with van der Waals surface area (Å²) in [5.41, 5.74) is 13.9. The summed E-state index contributed by atoms with van der Waals surface area (Å²) >= 11 is 0. The molecule has 0 unspecified atom stereocenters. The summed E-state index contributed by atoms with van der Waals surface area (Å²) in [7, 11) is 3.22. The van der Waals surface area contributed by atoms with E-state index >= 15 is 0 Å². The van der Waals surface area contributed by atoms with Crippen LogP contribution in [0.25, 0.3) is 22.7 Å². The average molecular weight is 2010 g/mol. The van der Waals surface area contributed by atoms with Gasteiger partial charge in [0.15, 0.2) is 11.5 Å². The minimum absolute atomic E-state index is 0.0499. The predicted octanol–water partition coefficient (Wildman–Crippen LogP) is 15.9. The van der Waals surface area contributed by atoms with Crippen LogP contribution in [0.15, 0.2) is 317 Å². The van der Waals surface area contributed by atoms with Crippen LogP contribution in [0.3, 0.4) is 0 Å². The Bertz CT molecular complexity index is 7130. The van der Waals surface area contributed by atoms with Gasteiger partial charge in [0.05, 0.1) is 92.8 Å². The minimum Gasteiger partial charge on any atom is -0.508 e. The molecule has 20 rings (SSSR count). The molecule has 32 nitrogen and oxygen atoms in total. The van der Waals surface area contributed by atoms with Gasteiger partial charge in [-0.3, -0.25) is 43.5 Å². The minimum atomic E-state index is -0.299. The van der Waals surface area contributed by atoms with Crippen molar-refractivity contribution in [3.63, 3.8) is 0 Å². The molecule has 9 heterocycles. The van der Waals surface area contributed by atoms with E-state index in [2.05, 4.69) is 84.6 Å². The first-order valence-electron chi connectivity index (χ1n) is 51.2. The number of nitriles is 1. The van der Waals surface area contributed by atoms with Gasteiger partial charge >= 0.3 is 22.2 Å². The van der Waals surface area contributed by atoms with Gasteiger partial charge in [0.2, 0.25) is 23.0 Å². The summed E-state index contributed by atoms with van der Waals surface area (Å²) in [5.74, 6) is 3.57. The van der Waals surface area contributed by atoms with Crippen molar-refractivity contribution in [2.75, 3.05) is 152 Å². The number of para-hydroxylation sites is 4. The van der Waals surface area contributed by atoms with Crippen LogP contribution in [-0.4, -0.2) is 216 Å². The molecular formula is C117H129N19O13. The van der Waals surface area contributed by atoms with Gasteiger partial charge in [-0.05, 0) is 151 Å². The lowest BCUT2D eigenvalue weighted by molar-refractivity contribution is 0.237. The molecule has 4 aliphatic heterocycles. The largest absolute Gasteiger partial charge is 0.508 e. The molecular weight excluding hydrogens is 1880 g/mol. The highest BCUT2D eigenvalue weighted by Crippen LogP contribution is 2.36. The van der Waals surface area contributed by atoms with Crippen LogP contribution in [0.4, 0.5) is 22.7 Å². The molecule has 5 aliphatic rings. The lowest BCUT2D eigenvalue weighted by Crippen LogP contribution is -2.46. The van der Waals surface area contributed by atoms with Crippen LogP contribution >= 0.6 is 0 Å². The zero-order chi connectivity index (χ0) is 103. The number of ether oxygens (including phenoxy) is 6. The molecule has 0 bridgehead atoms. The fourth-order valence-corrected chi connectivity index (χ4v) is 19.4. The Morgan fingerprint density at radius 1 is 0.356 bits per heavy atom. The highest BCUT2D eigenvalue weighted by atomic mass is 16.5. The normalized spacial score (nSPS) is 14.7. The number of hydrogen-bond donors (Lipinski definition) is 3. The summed E-state index contributed by atoms with van der Waals surface area (Å²) in [4.78, 5) is 72.4. The van der Waals surface area contributed by atoms with Gasteiger partial charge in [-0.15, -0.1) is 0 Å². The van der Waals surface area contributed by atoms with Gasteiger partial charge in [0.1, 0.15) is 53.2 Å². The predicted molar refractivity (Wildman–Crippen MR) is 578 cm³/mol. The number of anilines is 4. The Kier molecular flexibility index (Phi) is 36.1. The van der Waals surface area contributed by atoms with Crippen molar-refractivity contribution in [1.82, 2.24) is 68.5 Å². The fourth-order valence-electron chi connectivity index (χ4n) is 19.4.